The van der Waals surface area contributed by atoms with Gasteiger partial charge < -0.3 is 4.74 Å². The molecule has 1 aliphatic heterocycles. The molecule has 0 amide bonds. The van der Waals surface area contributed by atoms with Crippen LogP contribution in [0.2, 0.25) is 5.02 Å². The standard InChI is InChI=1S/C18H14ClN7O2S/c1-28-15-6-11(3-13(19)7-15)10-2-12(5-14(4-10)24-27)16-8-18(23-20-16)29-9-17-21-25-26-22-17/h2-7H,8-9H2,1H3,(H,21,22,25,26). The van der Waals surface area contributed by atoms with Gasteiger partial charge in [0.15, 0.2) is 5.82 Å². The Kier molecular flexibility index (Phi) is 5.63. The number of nitroso groups, excluding NO2 is 1. The Labute approximate surface area is 174 Å². The average molecular weight is 428 g/mol. The molecule has 4 rings (SSSR count). The second-order valence-electron chi connectivity index (χ2n) is 6.07. The van der Waals surface area contributed by atoms with Crippen molar-refractivity contribution in [3.05, 3.63) is 57.7 Å². The molecule has 2 heterocycles. The van der Waals surface area contributed by atoms with Crippen LogP contribution in [0.3, 0.4) is 0 Å². The van der Waals surface area contributed by atoms with E-state index in [9.17, 15) is 4.91 Å². The van der Waals surface area contributed by atoms with Gasteiger partial charge in [-0.15, -0.1) is 32.0 Å². The molecule has 1 aromatic heterocycles. The Morgan fingerprint density at radius 1 is 1.14 bits per heavy atom. The maximum absolute atomic E-state index is 11.2. The van der Waals surface area contributed by atoms with E-state index < -0.39 is 0 Å². The topological polar surface area (TPSA) is 118 Å². The molecule has 0 saturated carbocycles. The molecule has 1 aliphatic rings. The van der Waals surface area contributed by atoms with Crippen molar-refractivity contribution >= 4 is 39.8 Å². The number of H-pyrrole nitrogens is 1. The van der Waals surface area contributed by atoms with Gasteiger partial charge in [0.05, 0.1) is 18.6 Å². The number of rotatable bonds is 6. The zero-order valence-electron chi connectivity index (χ0n) is 15.2. The lowest BCUT2D eigenvalue weighted by Crippen LogP contribution is -2.02. The maximum atomic E-state index is 11.2. The Morgan fingerprint density at radius 2 is 1.97 bits per heavy atom. The van der Waals surface area contributed by atoms with Crippen LogP contribution in [0.25, 0.3) is 11.1 Å². The Bertz CT molecular complexity index is 1120. The summed E-state index contributed by atoms with van der Waals surface area (Å²) in [4.78, 5) is 11.2. The molecule has 9 nitrogen and oxygen atoms in total. The van der Waals surface area contributed by atoms with Crippen LogP contribution in [0.5, 0.6) is 5.75 Å². The number of nitrogens with zero attached hydrogens (tertiary/aromatic N) is 6. The molecule has 0 saturated heterocycles. The molecular weight excluding hydrogens is 414 g/mol. The summed E-state index contributed by atoms with van der Waals surface area (Å²) in [6.07, 6.45) is 0.545. The maximum Gasteiger partial charge on any atom is 0.184 e. The monoisotopic (exact) mass is 427 g/mol. The number of hydrogen-bond donors (Lipinski definition) is 1. The average Bonchev–Trinajstić information content (AvgIpc) is 3.43. The largest absolute Gasteiger partial charge is 0.497 e. The predicted molar refractivity (Wildman–Crippen MR) is 113 cm³/mol. The number of aromatic amines is 1. The molecule has 11 heteroatoms. The molecule has 0 unspecified atom stereocenters. The van der Waals surface area contributed by atoms with Crippen LogP contribution in [-0.4, -0.2) is 38.5 Å². The molecule has 1 N–H and O–H groups in total. The van der Waals surface area contributed by atoms with Crippen molar-refractivity contribution < 1.29 is 4.74 Å². The minimum atomic E-state index is 0.298. The normalized spacial score (nSPS) is 13.2. The zero-order chi connectivity index (χ0) is 20.2. The van der Waals surface area contributed by atoms with Gasteiger partial charge in [-0.3, -0.25) is 0 Å². The van der Waals surface area contributed by atoms with Crippen molar-refractivity contribution in [3.63, 3.8) is 0 Å². The number of tetrazole rings is 1. The van der Waals surface area contributed by atoms with Crippen molar-refractivity contribution in [2.75, 3.05) is 7.11 Å². The first kappa shape index (κ1) is 19.2. The number of halogens is 1. The molecule has 0 fully saturated rings. The van der Waals surface area contributed by atoms with Gasteiger partial charge in [-0.1, -0.05) is 16.8 Å². The van der Waals surface area contributed by atoms with Crippen molar-refractivity contribution in [2.24, 2.45) is 15.4 Å². The Morgan fingerprint density at radius 3 is 2.72 bits per heavy atom. The van der Waals surface area contributed by atoms with E-state index >= 15 is 0 Å². The highest BCUT2D eigenvalue weighted by atomic mass is 35.5. The number of aromatic nitrogens is 4. The predicted octanol–water partition coefficient (Wildman–Crippen LogP) is 4.37. The minimum absolute atomic E-state index is 0.298. The van der Waals surface area contributed by atoms with Crippen molar-refractivity contribution in [3.8, 4) is 16.9 Å². The molecule has 0 atom stereocenters. The van der Waals surface area contributed by atoms with E-state index in [1.807, 2.05) is 12.1 Å². The fraction of sp³-hybridized carbons (Fsp3) is 0.167. The third-order valence-electron chi connectivity index (χ3n) is 4.15. The van der Waals surface area contributed by atoms with Crippen LogP contribution in [0.15, 0.2) is 51.8 Å². The number of benzene rings is 2. The summed E-state index contributed by atoms with van der Waals surface area (Å²) in [6.45, 7) is 0. The number of methoxy groups -OCH3 is 1. The van der Waals surface area contributed by atoms with Crippen LogP contribution in [0.1, 0.15) is 17.8 Å². The highest BCUT2D eigenvalue weighted by Crippen LogP contribution is 2.33. The van der Waals surface area contributed by atoms with Crippen LogP contribution >= 0.6 is 23.4 Å². The summed E-state index contributed by atoms with van der Waals surface area (Å²) in [6, 6.07) is 10.7. The number of nitrogens with one attached hydrogen (secondary N) is 1. The Balaban J connectivity index is 1.56. The molecule has 0 radical (unpaired) electrons. The van der Waals surface area contributed by atoms with Gasteiger partial charge in [0.1, 0.15) is 16.5 Å². The first-order valence-electron chi connectivity index (χ1n) is 8.47. The van der Waals surface area contributed by atoms with E-state index in [2.05, 4.69) is 36.0 Å². The lowest BCUT2D eigenvalue weighted by molar-refractivity contribution is 0.415. The smallest absolute Gasteiger partial charge is 0.184 e. The van der Waals surface area contributed by atoms with Gasteiger partial charge in [-0.05, 0) is 52.7 Å². The SMILES string of the molecule is COc1cc(Cl)cc(-c2cc(N=O)cc(C3=NN=C(SCc4nn[nH]n4)C3)c2)c1. The highest BCUT2D eigenvalue weighted by molar-refractivity contribution is 8.13. The van der Waals surface area contributed by atoms with E-state index in [-0.39, 0.29) is 0 Å². The molecular formula is C18H14ClN7O2S. The fourth-order valence-electron chi connectivity index (χ4n) is 2.81. The summed E-state index contributed by atoms with van der Waals surface area (Å²) in [7, 11) is 1.57. The van der Waals surface area contributed by atoms with E-state index in [1.165, 1.54) is 11.8 Å². The zero-order valence-corrected chi connectivity index (χ0v) is 16.7. The lowest BCUT2D eigenvalue weighted by Gasteiger charge is -2.09. The number of hydrogen-bond acceptors (Lipinski definition) is 9. The van der Waals surface area contributed by atoms with Gasteiger partial charge in [0, 0.05) is 17.0 Å². The summed E-state index contributed by atoms with van der Waals surface area (Å²) in [5, 5.41) is 26.7. The van der Waals surface area contributed by atoms with Crippen molar-refractivity contribution in [1.82, 2.24) is 20.6 Å². The fourth-order valence-corrected chi connectivity index (χ4v) is 3.79. The molecule has 29 heavy (non-hydrogen) atoms. The molecule has 0 spiro atoms. The second-order valence-corrected chi connectivity index (χ2v) is 7.56. The third kappa shape index (κ3) is 4.49. The van der Waals surface area contributed by atoms with E-state index in [4.69, 9.17) is 16.3 Å². The van der Waals surface area contributed by atoms with Gasteiger partial charge >= 0.3 is 0 Å². The lowest BCUT2D eigenvalue weighted by atomic mass is 9.99. The Hall–Kier alpha value is -3.11. The second kappa shape index (κ2) is 8.50. The first-order chi connectivity index (χ1) is 14.1. The molecule has 2 aromatic carbocycles. The molecule has 146 valence electrons. The first-order valence-corrected chi connectivity index (χ1v) is 9.83. The van der Waals surface area contributed by atoms with E-state index in [0.717, 1.165) is 27.4 Å². The van der Waals surface area contributed by atoms with Crippen molar-refractivity contribution in [2.45, 2.75) is 12.2 Å². The van der Waals surface area contributed by atoms with Gasteiger partial charge in [0.2, 0.25) is 0 Å². The minimum Gasteiger partial charge on any atom is -0.497 e. The van der Waals surface area contributed by atoms with Gasteiger partial charge in [-0.25, -0.2) is 0 Å². The van der Waals surface area contributed by atoms with Crippen molar-refractivity contribution in [1.29, 1.82) is 0 Å². The van der Waals surface area contributed by atoms with Crippen LogP contribution in [0.4, 0.5) is 5.69 Å². The number of thioether (sulfide) groups is 1. The van der Waals surface area contributed by atoms with Gasteiger partial charge in [-0.2, -0.15) is 10.3 Å². The molecule has 0 bridgehead atoms. The number of ether oxygens (including phenoxy) is 1. The van der Waals surface area contributed by atoms with E-state index in [0.29, 0.717) is 34.5 Å². The van der Waals surface area contributed by atoms with Crippen LogP contribution < -0.4 is 4.74 Å². The van der Waals surface area contributed by atoms with Crippen LogP contribution in [-0.2, 0) is 5.75 Å². The summed E-state index contributed by atoms with van der Waals surface area (Å²) >= 11 is 7.68. The van der Waals surface area contributed by atoms with Gasteiger partial charge in [0.25, 0.3) is 0 Å². The van der Waals surface area contributed by atoms with Crippen LogP contribution in [0, 0.1) is 4.91 Å². The molecule has 3 aromatic rings. The molecule has 0 aliphatic carbocycles. The third-order valence-corrected chi connectivity index (χ3v) is 5.33. The summed E-state index contributed by atoms with van der Waals surface area (Å²) < 4.78 is 5.28. The quantitative estimate of drug-likeness (QED) is 0.583. The highest BCUT2D eigenvalue weighted by Gasteiger charge is 2.18. The summed E-state index contributed by atoms with van der Waals surface area (Å²) in [5.41, 5.74) is 3.42. The summed E-state index contributed by atoms with van der Waals surface area (Å²) in [5.74, 6) is 1.76. The van der Waals surface area contributed by atoms with E-state index in [1.54, 1.807) is 31.4 Å².